The average molecular weight is 316 g/mol. The fourth-order valence-corrected chi connectivity index (χ4v) is 1.74. The summed E-state index contributed by atoms with van der Waals surface area (Å²) >= 11 is 3.32. The van der Waals surface area contributed by atoms with Gasteiger partial charge in [0.1, 0.15) is 0 Å². The number of hydrogen-bond donors (Lipinski definition) is 0. The van der Waals surface area contributed by atoms with Crippen LogP contribution in [0.25, 0.3) is 0 Å². The molecule has 0 bridgehead atoms. The lowest BCUT2D eigenvalue weighted by atomic mass is 10.2. The highest BCUT2D eigenvalue weighted by molar-refractivity contribution is 9.09. The Bertz CT molecular complexity index is 405. The van der Waals surface area contributed by atoms with E-state index in [2.05, 4.69) is 15.9 Å². The van der Waals surface area contributed by atoms with Crippen molar-refractivity contribution in [2.24, 2.45) is 0 Å². The zero-order valence-electron chi connectivity index (χ0n) is 9.80. The third-order valence-electron chi connectivity index (χ3n) is 2.32. The highest BCUT2D eigenvalue weighted by Crippen LogP contribution is 2.12. The first-order valence-corrected chi connectivity index (χ1v) is 6.75. The maximum Gasteiger partial charge on any atom is 0.338 e. The lowest BCUT2D eigenvalue weighted by Gasteiger charge is -2.04. The molecule has 0 radical (unpaired) electrons. The zero-order valence-corrected chi connectivity index (χ0v) is 11.4. The summed E-state index contributed by atoms with van der Waals surface area (Å²) in [7, 11) is 0. The van der Waals surface area contributed by atoms with E-state index < -0.39 is 10.9 Å². The maximum atomic E-state index is 11.6. The summed E-state index contributed by atoms with van der Waals surface area (Å²) in [5, 5.41) is 11.4. The monoisotopic (exact) mass is 315 g/mol. The summed E-state index contributed by atoms with van der Waals surface area (Å²) in [6.45, 7) is 0.378. The summed E-state index contributed by atoms with van der Waals surface area (Å²) in [5.41, 5.74) is 0.296. The molecule has 0 saturated carbocycles. The molecule has 1 aromatic carbocycles. The van der Waals surface area contributed by atoms with Crippen LogP contribution in [0.3, 0.4) is 0 Å². The summed E-state index contributed by atoms with van der Waals surface area (Å²) < 4.78 is 5.05. The third-order valence-corrected chi connectivity index (χ3v) is 2.89. The number of non-ortho nitro benzene ring substituents is 1. The highest BCUT2D eigenvalue weighted by Gasteiger charge is 2.10. The van der Waals surface area contributed by atoms with E-state index in [0.29, 0.717) is 12.2 Å². The van der Waals surface area contributed by atoms with Gasteiger partial charge in [-0.3, -0.25) is 10.1 Å². The fourth-order valence-electron chi connectivity index (χ4n) is 1.34. The number of alkyl halides is 1. The van der Waals surface area contributed by atoms with Crippen molar-refractivity contribution >= 4 is 27.6 Å². The molecule has 0 unspecified atom stereocenters. The molecule has 5 nitrogen and oxygen atoms in total. The minimum atomic E-state index is -0.505. The molecule has 1 aromatic rings. The molecule has 98 valence electrons. The van der Waals surface area contributed by atoms with Gasteiger partial charge in [0, 0.05) is 17.5 Å². The number of ether oxygens (including phenoxy) is 1. The van der Waals surface area contributed by atoms with E-state index in [1.165, 1.54) is 24.3 Å². The van der Waals surface area contributed by atoms with Gasteiger partial charge in [0.25, 0.3) is 5.69 Å². The van der Waals surface area contributed by atoms with Gasteiger partial charge in [-0.2, -0.15) is 0 Å². The van der Waals surface area contributed by atoms with Gasteiger partial charge < -0.3 is 4.74 Å². The van der Waals surface area contributed by atoms with Crippen molar-refractivity contribution in [3.63, 3.8) is 0 Å². The Hall–Kier alpha value is -1.43. The van der Waals surface area contributed by atoms with Crippen molar-refractivity contribution in [3.8, 4) is 0 Å². The van der Waals surface area contributed by atoms with Gasteiger partial charge in [-0.05, 0) is 31.4 Å². The molecule has 0 saturated heterocycles. The van der Waals surface area contributed by atoms with Gasteiger partial charge in [0.15, 0.2) is 0 Å². The van der Waals surface area contributed by atoms with Crippen LogP contribution in [-0.4, -0.2) is 22.8 Å². The van der Waals surface area contributed by atoms with Crippen molar-refractivity contribution in [3.05, 3.63) is 39.9 Å². The van der Waals surface area contributed by atoms with Crippen molar-refractivity contribution in [2.75, 3.05) is 11.9 Å². The summed E-state index contributed by atoms with van der Waals surface area (Å²) in [4.78, 5) is 21.5. The molecule has 0 heterocycles. The van der Waals surface area contributed by atoms with Gasteiger partial charge in [-0.15, -0.1) is 0 Å². The summed E-state index contributed by atoms with van der Waals surface area (Å²) in [5.74, 6) is -0.441. The second-order valence-corrected chi connectivity index (χ2v) is 4.48. The first-order valence-electron chi connectivity index (χ1n) is 5.62. The van der Waals surface area contributed by atoms with Crippen molar-refractivity contribution < 1.29 is 14.5 Å². The van der Waals surface area contributed by atoms with Crippen LogP contribution in [0.4, 0.5) is 5.69 Å². The van der Waals surface area contributed by atoms with Crippen LogP contribution in [0.2, 0.25) is 0 Å². The number of rotatable bonds is 7. The number of hydrogen-bond acceptors (Lipinski definition) is 4. The van der Waals surface area contributed by atoms with Crippen molar-refractivity contribution in [1.29, 1.82) is 0 Å². The van der Waals surface area contributed by atoms with Crippen molar-refractivity contribution in [2.45, 2.75) is 19.3 Å². The third kappa shape index (κ3) is 4.83. The number of nitro benzene ring substituents is 1. The van der Waals surface area contributed by atoms with Crippen molar-refractivity contribution in [1.82, 2.24) is 0 Å². The first-order chi connectivity index (χ1) is 8.65. The molecule has 0 fully saturated rings. The number of carbonyl (C=O) groups is 1. The molecule has 0 aliphatic carbocycles. The molecule has 0 amide bonds. The second-order valence-electron chi connectivity index (χ2n) is 3.69. The van der Waals surface area contributed by atoms with E-state index in [-0.39, 0.29) is 5.69 Å². The fraction of sp³-hybridized carbons (Fsp3) is 0.417. The normalized spacial score (nSPS) is 10.1. The van der Waals surface area contributed by atoms with Gasteiger partial charge in [-0.1, -0.05) is 15.9 Å². The van der Waals surface area contributed by atoms with Crippen LogP contribution >= 0.6 is 15.9 Å². The van der Waals surface area contributed by atoms with Gasteiger partial charge >= 0.3 is 5.97 Å². The van der Waals surface area contributed by atoms with Gasteiger partial charge in [0.2, 0.25) is 0 Å². The maximum absolute atomic E-state index is 11.6. The van der Waals surface area contributed by atoms with Crippen LogP contribution in [0.1, 0.15) is 29.6 Å². The molecule has 6 heteroatoms. The van der Waals surface area contributed by atoms with Crippen LogP contribution in [-0.2, 0) is 4.74 Å². The molecule has 0 spiro atoms. The molecular formula is C12H14BrNO4. The lowest BCUT2D eigenvalue weighted by Crippen LogP contribution is -2.06. The smallest absolute Gasteiger partial charge is 0.338 e. The lowest BCUT2D eigenvalue weighted by molar-refractivity contribution is -0.384. The standard InChI is InChI=1S/C12H14BrNO4/c13-8-2-1-3-9-18-12(15)10-4-6-11(7-5-10)14(16)17/h4-7H,1-3,8-9H2. The molecule has 0 aliphatic rings. The SMILES string of the molecule is O=C(OCCCCCBr)c1ccc([N+](=O)[O-])cc1. The minimum Gasteiger partial charge on any atom is -0.462 e. The van der Waals surface area contributed by atoms with Gasteiger partial charge in [0.05, 0.1) is 17.1 Å². The number of halogens is 1. The summed E-state index contributed by atoms with van der Waals surface area (Å²) in [6, 6.07) is 5.39. The molecule has 0 aliphatic heterocycles. The second kappa shape index (κ2) is 7.81. The van der Waals surface area contributed by atoms with Crippen LogP contribution < -0.4 is 0 Å². The van der Waals surface area contributed by atoms with Gasteiger partial charge in [-0.25, -0.2) is 4.79 Å². The number of benzene rings is 1. The summed E-state index contributed by atoms with van der Waals surface area (Å²) in [6.07, 6.45) is 2.87. The van der Waals surface area contributed by atoms with E-state index in [4.69, 9.17) is 4.74 Å². The average Bonchev–Trinajstić information content (AvgIpc) is 2.38. The Morgan fingerprint density at radius 1 is 1.22 bits per heavy atom. The van der Waals surface area contributed by atoms with E-state index >= 15 is 0 Å². The Morgan fingerprint density at radius 2 is 1.89 bits per heavy atom. The quantitative estimate of drug-likeness (QED) is 0.254. The van der Waals surface area contributed by atoms with E-state index in [1.54, 1.807) is 0 Å². The Labute approximate surface area is 113 Å². The van der Waals surface area contributed by atoms with Crippen LogP contribution in [0.5, 0.6) is 0 Å². The number of esters is 1. The topological polar surface area (TPSA) is 69.4 Å². The predicted octanol–water partition coefficient (Wildman–Crippen LogP) is 3.32. The van der Waals surface area contributed by atoms with Crippen LogP contribution in [0.15, 0.2) is 24.3 Å². The van der Waals surface area contributed by atoms with E-state index in [9.17, 15) is 14.9 Å². The molecule has 1 rings (SSSR count). The number of carbonyl (C=O) groups excluding carboxylic acids is 1. The van der Waals surface area contributed by atoms with Crippen LogP contribution in [0, 0.1) is 10.1 Å². The Balaban J connectivity index is 2.39. The largest absolute Gasteiger partial charge is 0.462 e. The molecule has 0 atom stereocenters. The number of nitro groups is 1. The predicted molar refractivity (Wildman–Crippen MR) is 71.0 cm³/mol. The molecule has 0 N–H and O–H groups in total. The number of unbranched alkanes of at least 4 members (excludes halogenated alkanes) is 2. The van der Waals surface area contributed by atoms with E-state index in [1.807, 2.05) is 0 Å². The zero-order chi connectivity index (χ0) is 13.4. The Kier molecular flexibility index (Phi) is 6.35. The Morgan fingerprint density at radius 3 is 2.44 bits per heavy atom. The minimum absolute atomic E-state index is 0.0381. The highest BCUT2D eigenvalue weighted by atomic mass is 79.9. The molecular weight excluding hydrogens is 302 g/mol. The molecule has 0 aromatic heterocycles. The number of nitrogens with zero attached hydrogens (tertiary/aromatic N) is 1. The first kappa shape index (κ1) is 14.6. The molecule has 18 heavy (non-hydrogen) atoms. The van der Waals surface area contributed by atoms with E-state index in [0.717, 1.165) is 24.6 Å².